The fraction of sp³-hybridized carbons (Fsp3) is 0.724. The molecule has 0 aromatic heterocycles. The summed E-state index contributed by atoms with van der Waals surface area (Å²) in [5, 5.41) is 13.7. The number of aliphatic hydroxyl groups excluding tert-OH is 1. The van der Waals surface area contributed by atoms with Gasteiger partial charge < -0.3 is 15.3 Å². The summed E-state index contributed by atoms with van der Waals surface area (Å²) in [7, 11) is 0. The zero-order chi connectivity index (χ0) is 24.4. The van der Waals surface area contributed by atoms with Crippen LogP contribution in [0.5, 0.6) is 0 Å². The summed E-state index contributed by atoms with van der Waals surface area (Å²) in [4.78, 5) is 28.1. The third-order valence-corrected chi connectivity index (χ3v) is 9.55. The fourth-order valence-electron chi connectivity index (χ4n) is 7.31. The molecule has 4 aliphatic carbocycles. The molecule has 5 nitrogen and oxygen atoms in total. The number of nitrogens with zero attached hydrogens (tertiary/aromatic N) is 1. The number of carbonyl (C=O) groups is 2. The smallest absolute Gasteiger partial charge is 0.223 e. The number of fused-ring (bicyclic) bond motifs is 3. The van der Waals surface area contributed by atoms with Crippen molar-refractivity contribution in [2.75, 3.05) is 19.6 Å². The molecular weight excluding hydrogens is 443 g/mol. The molecule has 0 spiro atoms. The third kappa shape index (κ3) is 5.96. The van der Waals surface area contributed by atoms with Gasteiger partial charge in [0.1, 0.15) is 5.82 Å². The van der Waals surface area contributed by atoms with E-state index in [0.29, 0.717) is 23.4 Å². The summed E-state index contributed by atoms with van der Waals surface area (Å²) in [6, 6.07) is 6.24. The van der Waals surface area contributed by atoms with E-state index in [1.807, 2.05) is 0 Å². The summed E-state index contributed by atoms with van der Waals surface area (Å²) in [6.07, 6.45) is 11.2. The summed E-state index contributed by atoms with van der Waals surface area (Å²) in [6.45, 7) is 3.00. The minimum atomic E-state index is -0.302. The number of aliphatic hydroxyl groups is 1. The first kappa shape index (κ1) is 24.9. The highest BCUT2D eigenvalue weighted by Gasteiger charge is 2.44. The van der Waals surface area contributed by atoms with Gasteiger partial charge in [0.25, 0.3) is 0 Å². The molecule has 1 saturated heterocycles. The van der Waals surface area contributed by atoms with Gasteiger partial charge in [-0.1, -0.05) is 0 Å². The number of hydrogen-bond donors (Lipinski definition) is 2. The number of carbonyl (C=O) groups excluding carboxylic acids is 2. The van der Waals surface area contributed by atoms with Crippen molar-refractivity contribution in [3.05, 3.63) is 35.6 Å². The number of nitrogens with one attached hydrogen (secondary N) is 1. The Kier molecular flexibility index (Phi) is 7.88. The Balaban J connectivity index is 0.988. The van der Waals surface area contributed by atoms with Crippen molar-refractivity contribution < 1.29 is 19.1 Å². The molecule has 5 aliphatic rings. The van der Waals surface area contributed by atoms with Crippen LogP contribution in [0.4, 0.5) is 4.39 Å². The van der Waals surface area contributed by atoms with Gasteiger partial charge in [-0.05, 0) is 132 Å². The van der Waals surface area contributed by atoms with Crippen molar-refractivity contribution in [3.8, 4) is 0 Å². The highest BCUT2D eigenvalue weighted by molar-refractivity contribution is 5.97. The molecule has 192 valence electrons. The Morgan fingerprint density at radius 3 is 2.31 bits per heavy atom. The second kappa shape index (κ2) is 11.1. The van der Waals surface area contributed by atoms with Crippen LogP contribution in [0.25, 0.3) is 0 Å². The Morgan fingerprint density at radius 2 is 1.66 bits per heavy atom. The normalized spacial score (nSPS) is 34.0. The van der Waals surface area contributed by atoms with E-state index in [2.05, 4.69) is 10.2 Å². The monoisotopic (exact) mass is 484 g/mol. The van der Waals surface area contributed by atoms with E-state index in [0.717, 1.165) is 64.6 Å². The number of benzene rings is 1. The SMILES string of the molecule is O=C(c1ccc(F)cc1)C1CCN(CCC2CCC(NC(=O)C3CC4CCC3C(O)C4)CC2)CC1. The first-order valence-electron chi connectivity index (χ1n) is 14.0. The zero-order valence-corrected chi connectivity index (χ0v) is 20.8. The van der Waals surface area contributed by atoms with Gasteiger partial charge in [0.2, 0.25) is 5.91 Å². The molecule has 4 atom stereocenters. The molecule has 6 rings (SSSR count). The molecule has 4 unspecified atom stereocenters. The van der Waals surface area contributed by atoms with Gasteiger partial charge in [-0.3, -0.25) is 9.59 Å². The lowest BCUT2D eigenvalue weighted by molar-refractivity contribution is -0.136. The molecule has 35 heavy (non-hydrogen) atoms. The lowest BCUT2D eigenvalue weighted by Crippen LogP contribution is -2.50. The molecule has 1 aromatic carbocycles. The number of hydrogen-bond acceptors (Lipinski definition) is 4. The van der Waals surface area contributed by atoms with E-state index < -0.39 is 0 Å². The molecule has 5 fully saturated rings. The fourth-order valence-corrected chi connectivity index (χ4v) is 7.31. The summed E-state index contributed by atoms with van der Waals surface area (Å²) in [5.74, 6) is 1.54. The quantitative estimate of drug-likeness (QED) is 0.556. The second-order valence-corrected chi connectivity index (χ2v) is 11.8. The third-order valence-electron chi connectivity index (χ3n) is 9.55. The molecule has 6 heteroatoms. The van der Waals surface area contributed by atoms with Gasteiger partial charge in [-0.2, -0.15) is 0 Å². The van der Waals surface area contributed by atoms with Crippen molar-refractivity contribution >= 4 is 11.7 Å². The van der Waals surface area contributed by atoms with Crippen molar-refractivity contribution in [3.63, 3.8) is 0 Å². The zero-order valence-electron chi connectivity index (χ0n) is 20.8. The lowest BCUT2D eigenvalue weighted by atomic mass is 9.63. The highest BCUT2D eigenvalue weighted by Crippen LogP contribution is 2.45. The van der Waals surface area contributed by atoms with Crippen LogP contribution >= 0.6 is 0 Å². The van der Waals surface area contributed by atoms with Crippen LogP contribution in [0.15, 0.2) is 24.3 Å². The second-order valence-electron chi connectivity index (χ2n) is 11.8. The number of rotatable bonds is 7. The van der Waals surface area contributed by atoms with E-state index in [4.69, 9.17) is 0 Å². The van der Waals surface area contributed by atoms with E-state index in [1.165, 1.54) is 37.8 Å². The Morgan fingerprint density at radius 1 is 0.943 bits per heavy atom. The van der Waals surface area contributed by atoms with Gasteiger partial charge in [-0.15, -0.1) is 0 Å². The van der Waals surface area contributed by atoms with Crippen molar-refractivity contribution in [2.45, 2.75) is 82.8 Å². The van der Waals surface area contributed by atoms with Gasteiger partial charge in [0.05, 0.1) is 6.10 Å². The predicted octanol–water partition coefficient (Wildman–Crippen LogP) is 4.58. The number of halogens is 1. The molecule has 1 aromatic rings. The molecule has 2 N–H and O–H groups in total. The summed E-state index contributed by atoms with van der Waals surface area (Å²) < 4.78 is 13.1. The van der Waals surface area contributed by atoms with E-state index in [1.54, 1.807) is 12.1 Å². The van der Waals surface area contributed by atoms with Crippen LogP contribution in [-0.2, 0) is 4.79 Å². The average molecular weight is 485 g/mol. The van der Waals surface area contributed by atoms with E-state index in [-0.39, 0.29) is 41.4 Å². The molecule has 0 radical (unpaired) electrons. The maximum Gasteiger partial charge on any atom is 0.223 e. The highest BCUT2D eigenvalue weighted by atomic mass is 19.1. The van der Waals surface area contributed by atoms with Crippen LogP contribution in [-0.4, -0.2) is 53.5 Å². The molecule has 1 amide bonds. The van der Waals surface area contributed by atoms with Crippen LogP contribution in [0.3, 0.4) is 0 Å². The first-order valence-corrected chi connectivity index (χ1v) is 14.0. The predicted molar refractivity (Wildman–Crippen MR) is 133 cm³/mol. The Hall–Kier alpha value is -1.79. The Labute approximate surface area is 208 Å². The van der Waals surface area contributed by atoms with Crippen LogP contribution in [0.1, 0.15) is 81.0 Å². The number of amides is 1. The summed E-state index contributed by atoms with van der Waals surface area (Å²) in [5.41, 5.74) is 0.626. The van der Waals surface area contributed by atoms with Crippen LogP contribution in [0, 0.1) is 35.4 Å². The largest absolute Gasteiger partial charge is 0.393 e. The minimum Gasteiger partial charge on any atom is -0.393 e. The van der Waals surface area contributed by atoms with Gasteiger partial charge in [0.15, 0.2) is 5.78 Å². The number of ketones is 1. The molecule has 1 aliphatic heterocycles. The van der Waals surface area contributed by atoms with Gasteiger partial charge in [-0.25, -0.2) is 4.39 Å². The van der Waals surface area contributed by atoms with Crippen LogP contribution in [0.2, 0.25) is 0 Å². The molecule has 2 bridgehead atoms. The van der Waals surface area contributed by atoms with Crippen molar-refractivity contribution in [2.24, 2.45) is 29.6 Å². The van der Waals surface area contributed by atoms with Gasteiger partial charge in [0, 0.05) is 23.4 Å². The summed E-state index contributed by atoms with van der Waals surface area (Å²) >= 11 is 0. The van der Waals surface area contributed by atoms with Gasteiger partial charge >= 0.3 is 0 Å². The maximum atomic E-state index is 13.1. The standard InChI is InChI=1S/C29H41FN2O3/c30-23-6-4-21(5-7-23)28(34)22-12-15-32(16-13-22)14-11-19-1-8-24(9-2-19)31-29(35)26-17-20-3-10-25(26)27(33)18-20/h4-7,19-20,22,24-27,33H,1-3,8-18H2,(H,31,35). The lowest BCUT2D eigenvalue weighted by Gasteiger charge is -2.45. The van der Waals surface area contributed by atoms with Crippen LogP contribution < -0.4 is 5.32 Å². The first-order chi connectivity index (χ1) is 17.0. The topological polar surface area (TPSA) is 69.6 Å². The molecule has 1 heterocycles. The molecular formula is C29H41FN2O3. The minimum absolute atomic E-state index is 0.0214. The van der Waals surface area contributed by atoms with E-state index in [9.17, 15) is 19.1 Å². The van der Waals surface area contributed by atoms with E-state index >= 15 is 0 Å². The number of piperidine rings is 1. The Bertz CT molecular complexity index is 874. The van der Waals surface area contributed by atoms with Crippen molar-refractivity contribution in [1.82, 2.24) is 10.2 Å². The van der Waals surface area contributed by atoms with Crippen molar-refractivity contribution in [1.29, 1.82) is 0 Å². The molecule has 4 saturated carbocycles. The number of likely N-dealkylation sites (tertiary alicyclic amines) is 1. The average Bonchev–Trinajstić information content (AvgIpc) is 2.89. The number of Topliss-reactive ketones (excluding diaryl/α,β-unsaturated/α-hetero) is 1. The maximum absolute atomic E-state index is 13.1.